The lowest BCUT2D eigenvalue weighted by Crippen LogP contribution is -2.43. The lowest BCUT2D eigenvalue weighted by molar-refractivity contribution is -0.137. The Morgan fingerprint density at radius 3 is 2.83 bits per heavy atom. The van der Waals surface area contributed by atoms with Crippen molar-refractivity contribution in [3.63, 3.8) is 0 Å². The summed E-state index contributed by atoms with van der Waals surface area (Å²) in [5, 5.41) is 11.4. The predicted molar refractivity (Wildman–Crippen MR) is 65.3 cm³/mol. The smallest absolute Gasteiger partial charge is 0.323 e. The number of aliphatic carboxylic acids is 1. The molecule has 2 amide bonds. The molecule has 18 heavy (non-hydrogen) atoms. The van der Waals surface area contributed by atoms with Gasteiger partial charge in [-0.05, 0) is 18.6 Å². The Hall–Kier alpha value is -1.98. The number of rotatable bonds is 7. The van der Waals surface area contributed by atoms with Crippen molar-refractivity contribution in [1.82, 2.24) is 10.2 Å². The van der Waals surface area contributed by atoms with Gasteiger partial charge in [0, 0.05) is 19.5 Å². The monoisotopic (exact) mass is 254 g/mol. The Labute approximate surface area is 106 Å². The average molecular weight is 254 g/mol. The van der Waals surface area contributed by atoms with Crippen molar-refractivity contribution in [3.8, 4) is 0 Å². The minimum Gasteiger partial charge on any atom is -0.480 e. The quantitative estimate of drug-likeness (QED) is 0.769. The van der Waals surface area contributed by atoms with E-state index in [9.17, 15) is 9.59 Å². The van der Waals surface area contributed by atoms with Crippen LogP contribution in [0.1, 0.15) is 19.1 Å². The van der Waals surface area contributed by atoms with Crippen LogP contribution in [0.3, 0.4) is 0 Å². The maximum atomic E-state index is 11.7. The van der Waals surface area contributed by atoms with Crippen LogP contribution in [0.4, 0.5) is 4.79 Å². The Morgan fingerprint density at radius 1 is 1.50 bits per heavy atom. The van der Waals surface area contributed by atoms with Gasteiger partial charge >= 0.3 is 12.0 Å². The Kier molecular flexibility index (Phi) is 5.76. The van der Waals surface area contributed by atoms with Gasteiger partial charge in [-0.15, -0.1) is 0 Å². The van der Waals surface area contributed by atoms with Gasteiger partial charge in [0.2, 0.25) is 0 Å². The second-order valence-electron chi connectivity index (χ2n) is 3.88. The van der Waals surface area contributed by atoms with Crippen LogP contribution in [0.5, 0.6) is 0 Å². The molecular weight excluding hydrogens is 236 g/mol. The number of hydrogen-bond acceptors (Lipinski definition) is 3. The predicted octanol–water partition coefficient (Wildman–Crippen LogP) is 1.33. The fourth-order valence-electron chi connectivity index (χ4n) is 1.54. The molecule has 1 rings (SSSR count). The first-order chi connectivity index (χ1) is 8.63. The first-order valence-corrected chi connectivity index (χ1v) is 5.90. The van der Waals surface area contributed by atoms with Crippen LogP contribution in [0.15, 0.2) is 22.8 Å². The SMILES string of the molecule is CCCN(CC(=O)O)C(=O)NCCc1ccco1. The molecule has 6 heteroatoms. The fraction of sp³-hybridized carbons (Fsp3) is 0.500. The number of carboxylic acids is 1. The first-order valence-electron chi connectivity index (χ1n) is 5.90. The third kappa shape index (κ3) is 4.90. The van der Waals surface area contributed by atoms with Crippen molar-refractivity contribution in [3.05, 3.63) is 24.2 Å². The summed E-state index contributed by atoms with van der Waals surface area (Å²) in [4.78, 5) is 23.6. The number of carbonyl (C=O) groups excluding carboxylic acids is 1. The van der Waals surface area contributed by atoms with E-state index < -0.39 is 5.97 Å². The molecule has 0 saturated heterocycles. The molecule has 1 heterocycles. The normalized spacial score (nSPS) is 10.1. The molecule has 2 N–H and O–H groups in total. The van der Waals surface area contributed by atoms with Crippen molar-refractivity contribution < 1.29 is 19.1 Å². The highest BCUT2D eigenvalue weighted by Gasteiger charge is 2.15. The van der Waals surface area contributed by atoms with E-state index in [1.54, 1.807) is 12.3 Å². The highest BCUT2D eigenvalue weighted by atomic mass is 16.4. The van der Waals surface area contributed by atoms with Gasteiger partial charge in [-0.25, -0.2) is 4.79 Å². The summed E-state index contributed by atoms with van der Waals surface area (Å²) in [6.07, 6.45) is 2.88. The number of urea groups is 1. The van der Waals surface area contributed by atoms with Crippen molar-refractivity contribution >= 4 is 12.0 Å². The summed E-state index contributed by atoms with van der Waals surface area (Å²) in [5.41, 5.74) is 0. The van der Waals surface area contributed by atoms with E-state index >= 15 is 0 Å². The molecule has 6 nitrogen and oxygen atoms in total. The van der Waals surface area contributed by atoms with Crippen LogP contribution in [-0.4, -0.2) is 41.6 Å². The van der Waals surface area contributed by atoms with Gasteiger partial charge in [0.15, 0.2) is 0 Å². The van der Waals surface area contributed by atoms with E-state index in [0.717, 1.165) is 12.2 Å². The largest absolute Gasteiger partial charge is 0.480 e. The molecule has 1 aromatic heterocycles. The van der Waals surface area contributed by atoms with Crippen LogP contribution in [0.2, 0.25) is 0 Å². The maximum absolute atomic E-state index is 11.7. The third-order valence-electron chi connectivity index (χ3n) is 2.33. The summed E-state index contributed by atoms with van der Waals surface area (Å²) < 4.78 is 5.13. The van der Waals surface area contributed by atoms with E-state index in [-0.39, 0.29) is 12.6 Å². The Morgan fingerprint density at radius 2 is 2.28 bits per heavy atom. The Balaban J connectivity index is 2.34. The van der Waals surface area contributed by atoms with Gasteiger partial charge in [0.05, 0.1) is 6.26 Å². The molecule has 0 radical (unpaired) electrons. The Bertz CT molecular complexity index is 375. The van der Waals surface area contributed by atoms with E-state index in [1.807, 2.05) is 13.0 Å². The number of hydrogen-bond donors (Lipinski definition) is 2. The summed E-state index contributed by atoms with van der Waals surface area (Å²) in [5.74, 6) is -0.222. The molecule has 0 aliphatic rings. The number of carboxylic acid groups (broad SMARTS) is 1. The van der Waals surface area contributed by atoms with Gasteiger partial charge in [0.1, 0.15) is 12.3 Å². The topological polar surface area (TPSA) is 82.8 Å². The molecule has 100 valence electrons. The standard InChI is InChI=1S/C12H18N2O4/c1-2-7-14(9-11(15)16)12(17)13-6-5-10-4-3-8-18-10/h3-4,8H,2,5-7,9H2,1H3,(H,13,17)(H,15,16). The molecule has 0 spiro atoms. The van der Waals surface area contributed by atoms with Gasteiger partial charge in [0.25, 0.3) is 0 Å². The van der Waals surface area contributed by atoms with E-state index in [4.69, 9.17) is 9.52 Å². The number of nitrogens with zero attached hydrogens (tertiary/aromatic N) is 1. The first kappa shape index (κ1) is 14.1. The lowest BCUT2D eigenvalue weighted by atomic mass is 10.3. The van der Waals surface area contributed by atoms with Crippen molar-refractivity contribution in [2.45, 2.75) is 19.8 Å². The van der Waals surface area contributed by atoms with Crippen LogP contribution in [-0.2, 0) is 11.2 Å². The molecule has 0 saturated carbocycles. The van der Waals surface area contributed by atoms with Gasteiger partial charge in [-0.1, -0.05) is 6.92 Å². The van der Waals surface area contributed by atoms with E-state index in [2.05, 4.69) is 5.32 Å². The second kappa shape index (κ2) is 7.37. The number of nitrogens with one attached hydrogen (secondary N) is 1. The fourth-order valence-corrected chi connectivity index (χ4v) is 1.54. The minimum absolute atomic E-state index is 0.277. The minimum atomic E-state index is -1.01. The summed E-state index contributed by atoms with van der Waals surface area (Å²) >= 11 is 0. The molecular formula is C12H18N2O4. The van der Waals surface area contributed by atoms with Crippen LogP contribution in [0.25, 0.3) is 0 Å². The molecule has 0 bridgehead atoms. The summed E-state index contributed by atoms with van der Waals surface area (Å²) in [6, 6.07) is 3.25. The molecule has 0 aliphatic carbocycles. The summed E-state index contributed by atoms with van der Waals surface area (Å²) in [7, 11) is 0. The zero-order valence-electron chi connectivity index (χ0n) is 10.4. The third-order valence-corrected chi connectivity index (χ3v) is 2.33. The molecule has 0 aliphatic heterocycles. The highest BCUT2D eigenvalue weighted by Crippen LogP contribution is 2.00. The number of amides is 2. The lowest BCUT2D eigenvalue weighted by Gasteiger charge is -2.20. The van der Waals surface area contributed by atoms with Crippen molar-refractivity contribution in [2.75, 3.05) is 19.6 Å². The van der Waals surface area contributed by atoms with Crippen LogP contribution in [0, 0.1) is 0 Å². The zero-order valence-corrected chi connectivity index (χ0v) is 10.4. The van der Waals surface area contributed by atoms with Crippen LogP contribution < -0.4 is 5.32 Å². The van der Waals surface area contributed by atoms with E-state index in [1.165, 1.54) is 4.90 Å². The average Bonchev–Trinajstić information content (AvgIpc) is 2.81. The van der Waals surface area contributed by atoms with Crippen molar-refractivity contribution in [2.24, 2.45) is 0 Å². The number of furan rings is 1. The molecule has 0 fully saturated rings. The second-order valence-corrected chi connectivity index (χ2v) is 3.88. The highest BCUT2D eigenvalue weighted by molar-refractivity contribution is 5.80. The molecule has 0 unspecified atom stereocenters. The molecule has 1 aromatic rings. The van der Waals surface area contributed by atoms with E-state index in [0.29, 0.717) is 19.5 Å². The number of carbonyl (C=O) groups is 2. The summed E-state index contributed by atoms with van der Waals surface area (Å²) in [6.45, 7) is 2.47. The molecule has 0 atom stereocenters. The maximum Gasteiger partial charge on any atom is 0.323 e. The molecule has 0 aromatic carbocycles. The van der Waals surface area contributed by atoms with Gasteiger partial charge in [-0.2, -0.15) is 0 Å². The zero-order chi connectivity index (χ0) is 13.4. The van der Waals surface area contributed by atoms with Gasteiger partial charge in [-0.3, -0.25) is 4.79 Å². The van der Waals surface area contributed by atoms with Gasteiger partial charge < -0.3 is 19.7 Å². The van der Waals surface area contributed by atoms with Crippen molar-refractivity contribution in [1.29, 1.82) is 0 Å². The van der Waals surface area contributed by atoms with Crippen LogP contribution >= 0.6 is 0 Å².